The molecule has 1 aliphatic rings. The summed E-state index contributed by atoms with van der Waals surface area (Å²) in [4.78, 5) is 5.72. The molecular formula is C18H16Cl2F3N3OS. The Morgan fingerprint density at radius 2 is 1.93 bits per heavy atom. The molecule has 0 spiro atoms. The number of thiocarbonyl (C=S) groups is 1. The van der Waals surface area contributed by atoms with E-state index in [-0.39, 0.29) is 17.0 Å². The molecule has 0 amide bonds. The number of piperidine rings is 1. The van der Waals surface area contributed by atoms with Crippen LogP contribution < -0.4 is 10.1 Å². The van der Waals surface area contributed by atoms with Crippen molar-refractivity contribution in [2.24, 2.45) is 0 Å². The normalized spacial score (nSPS) is 15.4. The first kappa shape index (κ1) is 21.0. The van der Waals surface area contributed by atoms with Crippen LogP contribution in [0.5, 0.6) is 5.88 Å². The van der Waals surface area contributed by atoms with Crippen LogP contribution in [0.2, 0.25) is 10.0 Å². The largest absolute Gasteiger partial charge is 0.473 e. The molecule has 28 heavy (non-hydrogen) atoms. The molecule has 2 aromatic rings. The zero-order chi connectivity index (χ0) is 20.3. The summed E-state index contributed by atoms with van der Waals surface area (Å²) in [7, 11) is 0. The summed E-state index contributed by atoms with van der Waals surface area (Å²) < 4.78 is 43.8. The van der Waals surface area contributed by atoms with Gasteiger partial charge < -0.3 is 15.0 Å². The molecule has 1 aromatic carbocycles. The maximum atomic E-state index is 12.7. The molecule has 1 fully saturated rings. The lowest BCUT2D eigenvalue weighted by Gasteiger charge is -2.33. The number of rotatable bonds is 3. The topological polar surface area (TPSA) is 37.4 Å². The summed E-state index contributed by atoms with van der Waals surface area (Å²) in [6.45, 7) is 1.27. The van der Waals surface area contributed by atoms with Gasteiger partial charge >= 0.3 is 6.18 Å². The van der Waals surface area contributed by atoms with Crippen LogP contribution in [0, 0.1) is 0 Å². The van der Waals surface area contributed by atoms with Crippen molar-refractivity contribution < 1.29 is 17.9 Å². The maximum absolute atomic E-state index is 12.7. The minimum absolute atomic E-state index is 0.00717. The van der Waals surface area contributed by atoms with Gasteiger partial charge in [-0.15, -0.1) is 0 Å². The van der Waals surface area contributed by atoms with E-state index < -0.39 is 11.7 Å². The van der Waals surface area contributed by atoms with Crippen molar-refractivity contribution in [3.05, 3.63) is 52.1 Å². The van der Waals surface area contributed by atoms with Crippen molar-refractivity contribution in [2.45, 2.75) is 25.1 Å². The van der Waals surface area contributed by atoms with Crippen LogP contribution in [0.15, 0.2) is 36.5 Å². The van der Waals surface area contributed by atoms with Gasteiger partial charge in [-0.2, -0.15) is 13.2 Å². The van der Waals surface area contributed by atoms with Crippen LogP contribution in [-0.4, -0.2) is 34.2 Å². The molecule has 3 rings (SSSR count). The van der Waals surface area contributed by atoms with E-state index in [1.54, 1.807) is 12.1 Å². The van der Waals surface area contributed by atoms with E-state index in [1.807, 2.05) is 17.0 Å². The molecule has 150 valence electrons. The molecule has 4 nitrogen and oxygen atoms in total. The van der Waals surface area contributed by atoms with Gasteiger partial charge in [0, 0.05) is 42.8 Å². The van der Waals surface area contributed by atoms with E-state index >= 15 is 0 Å². The van der Waals surface area contributed by atoms with Crippen molar-refractivity contribution in [1.29, 1.82) is 0 Å². The second-order valence-corrected chi connectivity index (χ2v) is 7.48. The highest BCUT2D eigenvalue weighted by Gasteiger charge is 2.32. The summed E-state index contributed by atoms with van der Waals surface area (Å²) in [5.41, 5.74) is -0.103. The van der Waals surface area contributed by atoms with Crippen LogP contribution in [0.25, 0.3) is 0 Å². The van der Waals surface area contributed by atoms with Crippen LogP contribution in [0.3, 0.4) is 0 Å². The molecule has 2 heterocycles. The van der Waals surface area contributed by atoms with Crippen molar-refractivity contribution >= 4 is 46.2 Å². The highest BCUT2D eigenvalue weighted by Crippen LogP contribution is 2.34. The number of pyridine rings is 1. The number of nitrogens with one attached hydrogen (secondary N) is 1. The Labute approximate surface area is 175 Å². The standard InChI is InChI=1S/C18H16Cl2F3N3OS/c19-12-2-1-3-13(9-12)25-17(28)26-6-4-14(5-7-26)27-16-15(20)8-11(10-24-16)18(21,22)23/h1-3,8-10,14H,4-7H2,(H,25,28). The van der Waals surface area contributed by atoms with Gasteiger partial charge in [-0.05, 0) is 36.5 Å². The predicted molar refractivity (Wildman–Crippen MR) is 107 cm³/mol. The Morgan fingerprint density at radius 1 is 1.21 bits per heavy atom. The number of hydrogen-bond acceptors (Lipinski definition) is 3. The number of benzene rings is 1. The second kappa shape index (κ2) is 8.71. The lowest BCUT2D eigenvalue weighted by molar-refractivity contribution is -0.137. The summed E-state index contributed by atoms with van der Waals surface area (Å²) >= 11 is 17.3. The Bertz CT molecular complexity index is 858. The molecule has 0 bridgehead atoms. The minimum Gasteiger partial charge on any atom is -0.473 e. The van der Waals surface area contributed by atoms with Gasteiger partial charge in [-0.3, -0.25) is 0 Å². The number of halogens is 5. The van der Waals surface area contributed by atoms with Gasteiger partial charge in [-0.25, -0.2) is 4.98 Å². The van der Waals surface area contributed by atoms with Crippen molar-refractivity contribution in [2.75, 3.05) is 18.4 Å². The highest BCUT2D eigenvalue weighted by molar-refractivity contribution is 7.80. The molecule has 1 aliphatic heterocycles. The molecule has 1 N–H and O–H groups in total. The zero-order valence-electron chi connectivity index (χ0n) is 14.5. The number of aromatic nitrogens is 1. The molecule has 0 unspecified atom stereocenters. The third-order valence-electron chi connectivity index (χ3n) is 4.22. The average Bonchev–Trinajstić information content (AvgIpc) is 2.63. The van der Waals surface area contributed by atoms with Gasteiger partial charge in [-0.1, -0.05) is 29.3 Å². The predicted octanol–water partition coefficient (Wildman–Crippen LogP) is 5.65. The molecule has 1 saturated heterocycles. The molecule has 0 atom stereocenters. The SMILES string of the molecule is FC(F)(F)c1cnc(OC2CCN(C(=S)Nc3cccc(Cl)c3)CC2)c(Cl)c1. The minimum atomic E-state index is -4.49. The van der Waals surface area contributed by atoms with E-state index in [9.17, 15) is 13.2 Å². The molecule has 10 heteroatoms. The highest BCUT2D eigenvalue weighted by atomic mass is 35.5. The quantitative estimate of drug-likeness (QED) is 0.612. The number of likely N-dealkylation sites (tertiary alicyclic amines) is 1. The fraction of sp³-hybridized carbons (Fsp3) is 0.333. The van der Waals surface area contributed by atoms with Crippen LogP contribution in [0.4, 0.5) is 18.9 Å². The Balaban J connectivity index is 1.53. The summed E-state index contributed by atoms with van der Waals surface area (Å²) in [5, 5.41) is 4.17. The Kier molecular flexibility index (Phi) is 6.52. The average molecular weight is 450 g/mol. The fourth-order valence-corrected chi connectivity index (χ4v) is 3.47. The van der Waals surface area contributed by atoms with Crippen molar-refractivity contribution in [3.63, 3.8) is 0 Å². The third-order valence-corrected chi connectivity index (χ3v) is 5.08. The van der Waals surface area contributed by atoms with Crippen LogP contribution >= 0.6 is 35.4 Å². The first-order valence-corrected chi connectivity index (χ1v) is 9.59. The molecule has 1 aromatic heterocycles. The number of hydrogen-bond donors (Lipinski definition) is 1. The molecular weight excluding hydrogens is 434 g/mol. The van der Waals surface area contributed by atoms with E-state index in [4.69, 9.17) is 40.2 Å². The van der Waals surface area contributed by atoms with Gasteiger partial charge in [0.1, 0.15) is 11.1 Å². The van der Waals surface area contributed by atoms with Gasteiger partial charge in [0.25, 0.3) is 0 Å². The first-order valence-electron chi connectivity index (χ1n) is 8.43. The summed E-state index contributed by atoms with van der Waals surface area (Å²) in [6.07, 6.45) is -2.70. The molecule has 0 aliphatic carbocycles. The smallest absolute Gasteiger partial charge is 0.417 e. The summed E-state index contributed by atoms with van der Waals surface area (Å²) in [6, 6.07) is 8.07. The van der Waals surface area contributed by atoms with Crippen molar-refractivity contribution in [3.8, 4) is 5.88 Å². The fourth-order valence-electron chi connectivity index (χ4n) is 2.77. The first-order chi connectivity index (χ1) is 13.2. The molecule has 0 radical (unpaired) electrons. The lowest BCUT2D eigenvalue weighted by atomic mass is 10.1. The van der Waals surface area contributed by atoms with Gasteiger partial charge in [0.15, 0.2) is 5.11 Å². The van der Waals surface area contributed by atoms with Crippen LogP contribution in [-0.2, 0) is 6.18 Å². The number of nitrogens with zero attached hydrogens (tertiary/aromatic N) is 2. The summed E-state index contributed by atoms with van der Waals surface area (Å²) in [5.74, 6) is 0.00717. The van der Waals surface area contributed by atoms with E-state index in [1.165, 1.54) is 0 Å². The number of alkyl halides is 3. The van der Waals surface area contributed by atoms with Crippen molar-refractivity contribution in [1.82, 2.24) is 9.88 Å². The van der Waals surface area contributed by atoms with E-state index in [0.29, 0.717) is 36.1 Å². The van der Waals surface area contributed by atoms with Gasteiger partial charge in [0.05, 0.1) is 5.56 Å². The molecule has 0 saturated carbocycles. The van der Waals surface area contributed by atoms with E-state index in [2.05, 4.69) is 10.3 Å². The second-order valence-electron chi connectivity index (χ2n) is 6.25. The van der Waals surface area contributed by atoms with Crippen LogP contribution in [0.1, 0.15) is 18.4 Å². The number of anilines is 1. The Morgan fingerprint density at radius 3 is 2.54 bits per heavy atom. The Hall–Kier alpha value is -1.77. The third kappa shape index (κ3) is 5.40. The monoisotopic (exact) mass is 449 g/mol. The lowest BCUT2D eigenvalue weighted by Crippen LogP contribution is -2.43. The van der Waals surface area contributed by atoms with Gasteiger partial charge in [0.2, 0.25) is 5.88 Å². The maximum Gasteiger partial charge on any atom is 0.417 e. The van der Waals surface area contributed by atoms with E-state index in [0.717, 1.165) is 18.0 Å². The number of ether oxygens (including phenoxy) is 1. The zero-order valence-corrected chi connectivity index (χ0v) is 16.8.